The summed E-state index contributed by atoms with van der Waals surface area (Å²) in [6.07, 6.45) is 2.32. The van der Waals surface area contributed by atoms with Gasteiger partial charge in [0.25, 0.3) is 0 Å². The number of halogens is 1. The molecule has 2 N–H and O–H groups in total. The van der Waals surface area contributed by atoms with Crippen LogP contribution in [0.1, 0.15) is 45.2 Å². The number of carbonyl (C=O) groups excluding carboxylic acids is 1. The number of rotatable bonds is 4. The zero-order chi connectivity index (χ0) is 17.3. The van der Waals surface area contributed by atoms with Gasteiger partial charge in [0.2, 0.25) is 5.91 Å². The van der Waals surface area contributed by atoms with E-state index >= 15 is 0 Å². The van der Waals surface area contributed by atoms with Crippen LogP contribution in [0.15, 0.2) is 35.5 Å². The highest BCUT2D eigenvalue weighted by Gasteiger charge is 2.44. The first kappa shape index (κ1) is 17.8. The molecule has 0 spiro atoms. The van der Waals surface area contributed by atoms with Crippen LogP contribution in [0.25, 0.3) is 0 Å². The van der Waals surface area contributed by atoms with Gasteiger partial charge in [-0.25, -0.2) is 5.43 Å². The molecule has 1 aromatic carbocycles. The molecule has 126 valence electrons. The van der Waals surface area contributed by atoms with Gasteiger partial charge in [-0.3, -0.25) is 4.79 Å². The van der Waals surface area contributed by atoms with E-state index in [1.807, 2.05) is 14.0 Å². The number of carbonyl (C=O) groups is 1. The molecule has 0 bridgehead atoms. The molecular weight excluding hydrogens is 310 g/mol. The normalized spacial score (nSPS) is 21.3. The monoisotopic (exact) mass is 335 g/mol. The highest BCUT2D eigenvalue weighted by atomic mass is 35.5. The number of nitrogens with one attached hydrogen (secondary N) is 2. The minimum Gasteiger partial charge on any atom is -0.350 e. The Labute approximate surface area is 143 Å². The summed E-state index contributed by atoms with van der Waals surface area (Å²) in [6.45, 7) is 8.99. The molecule has 1 heterocycles. The summed E-state index contributed by atoms with van der Waals surface area (Å²) in [5.74, 6) is -0.106. The van der Waals surface area contributed by atoms with E-state index in [1.165, 1.54) is 5.56 Å². The molecule has 1 atom stereocenters. The van der Waals surface area contributed by atoms with Crippen LogP contribution in [-0.4, -0.2) is 23.5 Å². The fourth-order valence-corrected chi connectivity index (χ4v) is 3.10. The average molecular weight is 336 g/mol. The number of benzene rings is 1. The summed E-state index contributed by atoms with van der Waals surface area (Å²) >= 11 is 6.27. The third kappa shape index (κ3) is 3.70. The lowest BCUT2D eigenvalue weighted by Crippen LogP contribution is -2.56. The number of hydrogen-bond acceptors (Lipinski definition) is 3. The van der Waals surface area contributed by atoms with Gasteiger partial charge in [-0.1, -0.05) is 63.6 Å². The van der Waals surface area contributed by atoms with Crippen molar-refractivity contribution in [1.82, 2.24) is 15.8 Å². The van der Waals surface area contributed by atoms with E-state index in [0.717, 1.165) is 5.56 Å². The molecule has 0 fully saturated rings. The molecule has 1 aromatic rings. The van der Waals surface area contributed by atoms with Crippen LogP contribution in [0.3, 0.4) is 0 Å². The van der Waals surface area contributed by atoms with Gasteiger partial charge in [0.05, 0.1) is 5.03 Å². The molecule has 0 saturated carbocycles. The Morgan fingerprint density at radius 1 is 1.30 bits per heavy atom. The summed E-state index contributed by atoms with van der Waals surface area (Å²) in [4.78, 5) is 12.6. The number of nitrogens with zero attached hydrogens (tertiary/aromatic N) is 1. The molecule has 2 rings (SSSR count). The van der Waals surface area contributed by atoms with Crippen LogP contribution in [0.2, 0.25) is 0 Å². The second kappa shape index (κ2) is 6.54. The number of amides is 1. The van der Waals surface area contributed by atoms with Gasteiger partial charge in [-0.2, -0.15) is 0 Å². The van der Waals surface area contributed by atoms with E-state index in [1.54, 1.807) is 11.2 Å². The van der Waals surface area contributed by atoms with Gasteiger partial charge in [0.1, 0.15) is 0 Å². The van der Waals surface area contributed by atoms with E-state index in [2.05, 4.69) is 55.8 Å². The zero-order valence-electron chi connectivity index (χ0n) is 14.5. The highest BCUT2D eigenvalue weighted by Crippen LogP contribution is 2.30. The Morgan fingerprint density at radius 3 is 2.35 bits per heavy atom. The van der Waals surface area contributed by atoms with Crippen LogP contribution < -0.4 is 10.7 Å². The van der Waals surface area contributed by atoms with Crippen molar-refractivity contribution in [1.29, 1.82) is 0 Å². The molecule has 0 saturated heterocycles. The lowest BCUT2D eigenvalue weighted by Gasteiger charge is -2.29. The smallest absolute Gasteiger partial charge is 0.247 e. The minimum atomic E-state index is -0.859. The summed E-state index contributed by atoms with van der Waals surface area (Å²) in [7, 11) is 1.83. The molecule has 0 aromatic heterocycles. The molecule has 1 aliphatic heterocycles. The van der Waals surface area contributed by atoms with Gasteiger partial charge >= 0.3 is 0 Å². The molecule has 1 aliphatic rings. The van der Waals surface area contributed by atoms with Crippen molar-refractivity contribution in [2.24, 2.45) is 0 Å². The van der Waals surface area contributed by atoms with Crippen molar-refractivity contribution in [2.45, 2.75) is 51.6 Å². The van der Waals surface area contributed by atoms with E-state index in [9.17, 15) is 4.79 Å². The summed E-state index contributed by atoms with van der Waals surface area (Å²) < 4.78 is 0. The van der Waals surface area contributed by atoms with E-state index in [0.29, 0.717) is 18.0 Å². The fraction of sp³-hybridized carbons (Fsp3) is 0.500. The van der Waals surface area contributed by atoms with Gasteiger partial charge in [0.15, 0.2) is 5.54 Å². The lowest BCUT2D eigenvalue weighted by molar-refractivity contribution is -0.127. The van der Waals surface area contributed by atoms with Crippen molar-refractivity contribution < 1.29 is 4.79 Å². The fourth-order valence-electron chi connectivity index (χ4n) is 2.69. The Balaban J connectivity index is 2.03. The van der Waals surface area contributed by atoms with Crippen LogP contribution in [0.4, 0.5) is 0 Å². The largest absolute Gasteiger partial charge is 0.350 e. The van der Waals surface area contributed by atoms with E-state index in [-0.39, 0.29) is 11.3 Å². The SMILES string of the molecule is CCC1(C(=O)NCc2ccc(C(C)(C)C)cc2)NN(C)C=C1Cl. The molecule has 0 radical (unpaired) electrons. The van der Waals surface area contributed by atoms with Crippen LogP contribution in [0, 0.1) is 0 Å². The van der Waals surface area contributed by atoms with Crippen molar-refractivity contribution in [3.63, 3.8) is 0 Å². The predicted octanol–water partition coefficient (Wildman–Crippen LogP) is 3.28. The Bertz CT molecular complexity index is 604. The zero-order valence-corrected chi connectivity index (χ0v) is 15.3. The quantitative estimate of drug-likeness (QED) is 0.887. The van der Waals surface area contributed by atoms with Crippen LogP contribution >= 0.6 is 11.6 Å². The van der Waals surface area contributed by atoms with Gasteiger partial charge in [-0.05, 0) is 23.0 Å². The highest BCUT2D eigenvalue weighted by molar-refractivity contribution is 6.33. The lowest BCUT2D eigenvalue weighted by atomic mass is 9.87. The third-order valence-electron chi connectivity index (χ3n) is 4.27. The molecule has 23 heavy (non-hydrogen) atoms. The second-order valence-corrected chi connectivity index (χ2v) is 7.50. The number of hydrogen-bond donors (Lipinski definition) is 2. The van der Waals surface area contributed by atoms with Gasteiger partial charge < -0.3 is 10.3 Å². The van der Waals surface area contributed by atoms with Gasteiger partial charge in [0, 0.05) is 19.8 Å². The summed E-state index contributed by atoms with van der Waals surface area (Å²) in [6, 6.07) is 8.35. The molecular formula is C18H26ClN3O. The van der Waals surface area contributed by atoms with Crippen LogP contribution in [-0.2, 0) is 16.8 Å². The average Bonchev–Trinajstić information content (AvgIpc) is 2.79. The van der Waals surface area contributed by atoms with Crippen molar-refractivity contribution in [3.8, 4) is 0 Å². The maximum atomic E-state index is 12.6. The molecule has 4 nitrogen and oxygen atoms in total. The Morgan fingerprint density at radius 2 is 1.91 bits per heavy atom. The van der Waals surface area contributed by atoms with Crippen LogP contribution in [0.5, 0.6) is 0 Å². The van der Waals surface area contributed by atoms with Crippen molar-refractivity contribution in [2.75, 3.05) is 7.05 Å². The summed E-state index contributed by atoms with van der Waals surface area (Å²) in [5.41, 5.74) is 4.75. The first-order chi connectivity index (χ1) is 10.7. The standard InChI is InChI=1S/C18H26ClN3O/c1-6-18(15(19)12-22(5)21-18)16(23)20-11-13-7-9-14(10-8-13)17(2,3)4/h7-10,12,21H,6,11H2,1-5H3,(H,20,23). The van der Waals surface area contributed by atoms with E-state index < -0.39 is 5.54 Å². The van der Waals surface area contributed by atoms with Gasteiger partial charge in [-0.15, -0.1) is 0 Å². The van der Waals surface area contributed by atoms with E-state index in [4.69, 9.17) is 11.6 Å². The number of hydrazine groups is 1. The first-order valence-corrected chi connectivity index (χ1v) is 8.33. The Kier molecular flexibility index (Phi) is 5.07. The maximum absolute atomic E-state index is 12.6. The molecule has 0 aliphatic carbocycles. The maximum Gasteiger partial charge on any atom is 0.247 e. The van der Waals surface area contributed by atoms with Crippen molar-refractivity contribution >= 4 is 17.5 Å². The third-order valence-corrected chi connectivity index (χ3v) is 4.69. The minimum absolute atomic E-state index is 0.106. The molecule has 1 amide bonds. The summed E-state index contributed by atoms with van der Waals surface area (Å²) in [5, 5.41) is 5.23. The predicted molar refractivity (Wildman–Crippen MR) is 94.8 cm³/mol. The second-order valence-electron chi connectivity index (χ2n) is 7.09. The first-order valence-electron chi connectivity index (χ1n) is 7.95. The molecule has 5 heteroatoms. The Hall–Kier alpha value is -1.52. The topological polar surface area (TPSA) is 44.4 Å². The van der Waals surface area contributed by atoms with Crippen molar-refractivity contribution in [3.05, 3.63) is 46.6 Å². The molecule has 1 unspecified atom stereocenters.